The summed E-state index contributed by atoms with van der Waals surface area (Å²) in [6.45, 7) is 4.81. The molecule has 3 aromatic carbocycles. The number of hydrogen-bond donors (Lipinski definition) is 1. The van der Waals surface area contributed by atoms with E-state index in [0.717, 1.165) is 28.9 Å². The van der Waals surface area contributed by atoms with Crippen molar-refractivity contribution in [1.29, 1.82) is 0 Å². The highest BCUT2D eigenvalue weighted by Gasteiger charge is 2.15. The van der Waals surface area contributed by atoms with Crippen LogP contribution >= 0.6 is 0 Å². The van der Waals surface area contributed by atoms with Crippen molar-refractivity contribution in [2.45, 2.75) is 57.3 Å². The molecule has 0 aliphatic carbocycles. The second-order valence-electron chi connectivity index (χ2n) is 8.74. The molecule has 0 heterocycles. The van der Waals surface area contributed by atoms with Crippen LogP contribution in [0.1, 0.15) is 62.1 Å². The summed E-state index contributed by atoms with van der Waals surface area (Å²) in [5.74, 6) is 1.48. The Morgan fingerprint density at radius 2 is 1.33 bits per heavy atom. The van der Waals surface area contributed by atoms with Gasteiger partial charge in [-0.15, -0.1) is 0 Å². The van der Waals surface area contributed by atoms with Gasteiger partial charge in [0.05, 0.1) is 24.3 Å². The maximum atomic E-state index is 12.8. The molecule has 0 aliphatic rings. The van der Waals surface area contributed by atoms with Gasteiger partial charge in [0.25, 0.3) is 10.0 Å². The van der Waals surface area contributed by atoms with E-state index in [1.165, 1.54) is 32.1 Å². The molecule has 0 unspecified atom stereocenters. The Labute approximate surface area is 215 Å². The molecule has 0 fully saturated rings. The van der Waals surface area contributed by atoms with Crippen molar-refractivity contribution in [3.8, 4) is 11.5 Å². The molecular weight excluding hydrogens is 472 g/mol. The van der Waals surface area contributed by atoms with E-state index in [-0.39, 0.29) is 4.90 Å². The fourth-order valence-electron chi connectivity index (χ4n) is 3.70. The zero-order valence-electron chi connectivity index (χ0n) is 21.4. The predicted molar refractivity (Wildman–Crippen MR) is 145 cm³/mol. The first-order valence-electron chi connectivity index (χ1n) is 12.5. The summed E-state index contributed by atoms with van der Waals surface area (Å²) in [6.07, 6.45) is 7.28. The summed E-state index contributed by atoms with van der Waals surface area (Å²) in [7, 11) is -2.22. The van der Waals surface area contributed by atoms with Crippen LogP contribution in [-0.4, -0.2) is 27.8 Å². The molecule has 6 nitrogen and oxygen atoms in total. The number of rotatable bonds is 14. The normalized spacial score (nSPS) is 11.8. The minimum atomic E-state index is -3.82. The van der Waals surface area contributed by atoms with Crippen LogP contribution in [0.4, 0.5) is 0 Å². The van der Waals surface area contributed by atoms with Crippen molar-refractivity contribution in [2.75, 3.05) is 13.7 Å². The van der Waals surface area contributed by atoms with Crippen LogP contribution in [0.3, 0.4) is 0 Å². The standard InChI is InChI=1S/C29H36N2O4S/c1-4-5-6-7-8-9-22-35-27-18-14-25(15-19-27)29(24-12-16-26(34-3)17-13-24)30-31-36(32,33)28-20-10-23(2)11-21-28/h10-21,31H,4-9,22H2,1-3H3/b30-29-. The second-order valence-corrected chi connectivity index (χ2v) is 10.4. The number of methoxy groups -OCH3 is 1. The predicted octanol–water partition coefficient (Wildman–Crippen LogP) is 6.47. The summed E-state index contributed by atoms with van der Waals surface area (Å²) in [6, 6.07) is 21.5. The molecule has 0 spiro atoms. The minimum absolute atomic E-state index is 0.157. The Morgan fingerprint density at radius 3 is 1.92 bits per heavy atom. The van der Waals surface area contributed by atoms with Gasteiger partial charge in [-0.05, 0) is 74.0 Å². The van der Waals surface area contributed by atoms with E-state index in [4.69, 9.17) is 9.47 Å². The third-order valence-corrected chi connectivity index (χ3v) is 7.09. The number of unbranched alkanes of at least 4 members (excludes halogenated alkanes) is 5. The van der Waals surface area contributed by atoms with Crippen LogP contribution in [-0.2, 0) is 10.0 Å². The smallest absolute Gasteiger partial charge is 0.276 e. The van der Waals surface area contributed by atoms with Crippen molar-refractivity contribution in [3.05, 3.63) is 89.5 Å². The summed E-state index contributed by atoms with van der Waals surface area (Å²) in [4.78, 5) is 2.55. The lowest BCUT2D eigenvalue weighted by Gasteiger charge is -2.11. The summed E-state index contributed by atoms with van der Waals surface area (Å²) in [5.41, 5.74) is 2.99. The molecule has 0 aromatic heterocycles. The SMILES string of the molecule is CCCCCCCCOc1ccc(/C(=N\NS(=O)(=O)c2ccc(C)cc2)c2ccc(OC)cc2)cc1. The molecule has 3 aromatic rings. The molecule has 3 rings (SSSR count). The van der Waals surface area contributed by atoms with Crippen molar-refractivity contribution in [3.63, 3.8) is 0 Å². The van der Waals surface area contributed by atoms with Gasteiger partial charge in [0.1, 0.15) is 11.5 Å². The average molecular weight is 509 g/mol. The molecule has 0 saturated carbocycles. The number of nitrogens with one attached hydrogen (secondary N) is 1. The van der Waals surface area contributed by atoms with Crippen molar-refractivity contribution in [1.82, 2.24) is 4.83 Å². The van der Waals surface area contributed by atoms with Gasteiger partial charge >= 0.3 is 0 Å². The molecule has 0 atom stereocenters. The van der Waals surface area contributed by atoms with Gasteiger partial charge in [-0.25, -0.2) is 0 Å². The molecule has 0 amide bonds. The molecule has 1 N–H and O–H groups in total. The van der Waals surface area contributed by atoms with E-state index in [2.05, 4.69) is 16.9 Å². The summed E-state index contributed by atoms with van der Waals surface area (Å²) < 4.78 is 36.8. The third-order valence-electron chi connectivity index (χ3n) is 5.87. The Balaban J connectivity index is 1.75. The van der Waals surface area contributed by atoms with E-state index >= 15 is 0 Å². The highest BCUT2D eigenvalue weighted by molar-refractivity contribution is 7.89. The topological polar surface area (TPSA) is 77.0 Å². The Hall–Kier alpha value is -3.32. The van der Waals surface area contributed by atoms with Crippen molar-refractivity contribution in [2.24, 2.45) is 5.10 Å². The van der Waals surface area contributed by atoms with Gasteiger partial charge in [-0.3, -0.25) is 0 Å². The summed E-state index contributed by atoms with van der Waals surface area (Å²) in [5, 5.41) is 4.33. The van der Waals surface area contributed by atoms with Crippen LogP contribution in [0.25, 0.3) is 0 Å². The maximum absolute atomic E-state index is 12.8. The fraction of sp³-hybridized carbons (Fsp3) is 0.345. The highest BCUT2D eigenvalue weighted by Crippen LogP contribution is 2.20. The summed E-state index contributed by atoms with van der Waals surface area (Å²) >= 11 is 0. The van der Waals surface area contributed by atoms with E-state index in [0.29, 0.717) is 18.1 Å². The Kier molecular flexibility index (Phi) is 10.4. The number of hydrogen-bond acceptors (Lipinski definition) is 5. The second kappa shape index (κ2) is 13.7. The number of aryl methyl sites for hydroxylation is 1. The Morgan fingerprint density at radius 1 is 0.778 bits per heavy atom. The van der Waals surface area contributed by atoms with Crippen LogP contribution in [0.2, 0.25) is 0 Å². The lowest BCUT2D eigenvalue weighted by Crippen LogP contribution is -2.21. The zero-order valence-corrected chi connectivity index (χ0v) is 22.2. The largest absolute Gasteiger partial charge is 0.497 e. The van der Waals surface area contributed by atoms with E-state index in [1.54, 1.807) is 31.4 Å². The van der Waals surface area contributed by atoms with Crippen LogP contribution < -0.4 is 14.3 Å². The number of nitrogens with zero attached hydrogens (tertiary/aromatic N) is 1. The number of sulfonamides is 1. The van der Waals surface area contributed by atoms with Crippen LogP contribution in [0.15, 0.2) is 82.8 Å². The van der Waals surface area contributed by atoms with E-state index in [9.17, 15) is 8.42 Å². The number of benzene rings is 3. The van der Waals surface area contributed by atoms with Crippen molar-refractivity contribution >= 4 is 15.7 Å². The molecular formula is C29H36N2O4S. The molecule has 0 radical (unpaired) electrons. The van der Waals surface area contributed by atoms with Gasteiger partial charge < -0.3 is 9.47 Å². The van der Waals surface area contributed by atoms with Gasteiger partial charge in [-0.1, -0.05) is 56.7 Å². The van der Waals surface area contributed by atoms with E-state index in [1.807, 2.05) is 55.5 Å². The minimum Gasteiger partial charge on any atom is -0.497 e. The molecule has 192 valence electrons. The van der Waals surface area contributed by atoms with E-state index < -0.39 is 10.0 Å². The van der Waals surface area contributed by atoms with Gasteiger partial charge in [0.15, 0.2) is 0 Å². The first kappa shape index (κ1) is 27.3. The van der Waals surface area contributed by atoms with Gasteiger partial charge in [0.2, 0.25) is 0 Å². The third kappa shape index (κ3) is 8.12. The Bertz CT molecular complexity index is 1200. The lowest BCUT2D eigenvalue weighted by molar-refractivity contribution is 0.304. The molecule has 36 heavy (non-hydrogen) atoms. The molecule has 7 heteroatoms. The van der Waals surface area contributed by atoms with Crippen molar-refractivity contribution < 1.29 is 17.9 Å². The molecule has 0 aliphatic heterocycles. The first-order valence-corrected chi connectivity index (χ1v) is 13.9. The molecule has 0 bridgehead atoms. The number of ether oxygens (including phenoxy) is 2. The quantitative estimate of drug-likeness (QED) is 0.154. The highest BCUT2D eigenvalue weighted by atomic mass is 32.2. The fourth-order valence-corrected chi connectivity index (χ4v) is 4.51. The zero-order chi connectivity index (χ0) is 25.8. The molecule has 0 saturated heterocycles. The van der Waals surface area contributed by atoms with Gasteiger partial charge in [-0.2, -0.15) is 18.4 Å². The maximum Gasteiger partial charge on any atom is 0.276 e. The number of hydrazone groups is 1. The van der Waals surface area contributed by atoms with Crippen LogP contribution in [0.5, 0.6) is 11.5 Å². The van der Waals surface area contributed by atoms with Crippen LogP contribution in [0, 0.1) is 6.92 Å². The average Bonchev–Trinajstić information content (AvgIpc) is 2.89. The van der Waals surface area contributed by atoms with Gasteiger partial charge in [0, 0.05) is 11.1 Å². The first-order chi connectivity index (χ1) is 17.4. The lowest BCUT2D eigenvalue weighted by atomic mass is 10.0. The monoisotopic (exact) mass is 508 g/mol.